The number of para-hydroxylation sites is 1. The molecule has 6 heteroatoms. The van der Waals surface area contributed by atoms with Gasteiger partial charge in [0.25, 0.3) is 0 Å². The van der Waals surface area contributed by atoms with Crippen LogP contribution in [0.1, 0.15) is 18.9 Å². The quantitative estimate of drug-likeness (QED) is 0.689. The highest BCUT2D eigenvalue weighted by atomic mass is 16.5. The smallest absolute Gasteiger partial charge is 0.330 e. The lowest BCUT2D eigenvalue weighted by Crippen LogP contribution is -2.44. The number of carbonyl (C=O) groups excluding carboxylic acids is 2. The first-order valence-corrected chi connectivity index (χ1v) is 6.81. The highest BCUT2D eigenvalue weighted by molar-refractivity contribution is 5.84. The molecule has 1 amide bonds. The minimum absolute atomic E-state index is 0.192. The molecule has 1 aromatic rings. The number of carbonyl (C=O) groups is 2. The maximum atomic E-state index is 11.8. The number of esters is 1. The normalized spacial score (nSPS) is 11.6. The van der Waals surface area contributed by atoms with Crippen molar-refractivity contribution in [2.45, 2.75) is 25.8 Å². The van der Waals surface area contributed by atoms with Gasteiger partial charge in [0.2, 0.25) is 5.91 Å². The maximum Gasteiger partial charge on any atom is 0.330 e. The van der Waals surface area contributed by atoms with Gasteiger partial charge in [-0.2, -0.15) is 0 Å². The molecule has 0 radical (unpaired) electrons. The number of nitrogens with one attached hydrogen (secondary N) is 1. The molecule has 21 heavy (non-hydrogen) atoms. The van der Waals surface area contributed by atoms with Gasteiger partial charge in [0.15, 0.2) is 6.04 Å². The van der Waals surface area contributed by atoms with Crippen LogP contribution < -0.4 is 10.1 Å². The van der Waals surface area contributed by atoms with E-state index in [0.717, 1.165) is 11.3 Å². The molecule has 0 aromatic heterocycles. The highest BCUT2D eigenvalue weighted by Crippen LogP contribution is 2.19. The van der Waals surface area contributed by atoms with Gasteiger partial charge in [-0.25, -0.2) is 4.79 Å². The number of aliphatic hydroxyl groups excluding tert-OH is 1. The maximum absolute atomic E-state index is 11.8. The summed E-state index contributed by atoms with van der Waals surface area (Å²) in [4.78, 5) is 23.1. The number of benzene rings is 1. The monoisotopic (exact) mass is 295 g/mol. The zero-order valence-electron chi connectivity index (χ0n) is 12.3. The van der Waals surface area contributed by atoms with Gasteiger partial charge in [-0.15, -0.1) is 0 Å². The number of rotatable bonds is 8. The van der Waals surface area contributed by atoms with E-state index in [4.69, 9.17) is 9.84 Å². The molecule has 0 aliphatic heterocycles. The van der Waals surface area contributed by atoms with Crippen molar-refractivity contribution in [3.05, 3.63) is 29.8 Å². The van der Waals surface area contributed by atoms with Crippen molar-refractivity contribution in [3.8, 4) is 5.75 Å². The first-order chi connectivity index (χ1) is 10.1. The van der Waals surface area contributed by atoms with Crippen molar-refractivity contribution in [1.29, 1.82) is 0 Å². The predicted molar refractivity (Wildman–Crippen MR) is 77.0 cm³/mol. The summed E-state index contributed by atoms with van der Waals surface area (Å²) in [6, 6.07) is 6.46. The summed E-state index contributed by atoms with van der Waals surface area (Å²) in [5.41, 5.74) is 0.924. The number of amides is 1. The number of aryl methyl sites for hydroxylation is 1. The lowest BCUT2D eigenvalue weighted by molar-refractivity contribution is -0.146. The Morgan fingerprint density at radius 2 is 2.05 bits per heavy atom. The van der Waals surface area contributed by atoms with E-state index in [0.29, 0.717) is 13.0 Å². The fourth-order valence-electron chi connectivity index (χ4n) is 1.84. The van der Waals surface area contributed by atoms with Crippen LogP contribution >= 0.6 is 0 Å². The second kappa shape index (κ2) is 8.97. The predicted octanol–water partition coefficient (Wildman–Crippen LogP) is 0.668. The van der Waals surface area contributed by atoms with Crippen molar-refractivity contribution in [3.63, 3.8) is 0 Å². The van der Waals surface area contributed by atoms with E-state index in [-0.39, 0.29) is 12.3 Å². The van der Waals surface area contributed by atoms with Gasteiger partial charge in [-0.3, -0.25) is 4.79 Å². The highest BCUT2D eigenvalue weighted by Gasteiger charge is 2.20. The largest absolute Gasteiger partial charge is 0.494 e. The average molecular weight is 295 g/mol. The molecule has 6 nitrogen and oxygen atoms in total. The van der Waals surface area contributed by atoms with E-state index in [2.05, 4.69) is 10.1 Å². The average Bonchev–Trinajstić information content (AvgIpc) is 2.51. The van der Waals surface area contributed by atoms with Crippen molar-refractivity contribution in [2.24, 2.45) is 0 Å². The van der Waals surface area contributed by atoms with Crippen LogP contribution in [-0.2, 0) is 20.7 Å². The fraction of sp³-hybridized carbons (Fsp3) is 0.467. The van der Waals surface area contributed by atoms with Gasteiger partial charge in [0, 0.05) is 6.42 Å². The van der Waals surface area contributed by atoms with E-state index >= 15 is 0 Å². The van der Waals surface area contributed by atoms with Crippen molar-refractivity contribution in [2.75, 3.05) is 20.3 Å². The minimum atomic E-state index is -1.02. The lowest BCUT2D eigenvalue weighted by atomic mass is 10.1. The molecule has 1 aromatic carbocycles. The molecule has 0 aliphatic carbocycles. The Morgan fingerprint density at radius 3 is 2.67 bits per heavy atom. The molecule has 0 saturated heterocycles. The SMILES string of the molecule is CCOc1ccccc1CCC(=O)NC(CO)C(=O)OC. The van der Waals surface area contributed by atoms with Crippen LogP contribution in [0.2, 0.25) is 0 Å². The van der Waals surface area contributed by atoms with Gasteiger partial charge >= 0.3 is 5.97 Å². The molecule has 116 valence electrons. The number of ether oxygens (including phenoxy) is 2. The van der Waals surface area contributed by atoms with Crippen molar-refractivity contribution >= 4 is 11.9 Å². The van der Waals surface area contributed by atoms with Gasteiger partial charge in [-0.1, -0.05) is 18.2 Å². The second-order valence-corrected chi connectivity index (χ2v) is 4.37. The van der Waals surface area contributed by atoms with Crippen LogP contribution in [0.15, 0.2) is 24.3 Å². The van der Waals surface area contributed by atoms with Crippen molar-refractivity contribution in [1.82, 2.24) is 5.32 Å². The summed E-state index contributed by atoms with van der Waals surface area (Å²) in [6.07, 6.45) is 0.679. The van der Waals surface area contributed by atoms with E-state index < -0.39 is 18.6 Å². The zero-order chi connectivity index (χ0) is 15.7. The molecular weight excluding hydrogens is 274 g/mol. The molecule has 0 bridgehead atoms. The van der Waals surface area contributed by atoms with Crippen LogP contribution in [0.3, 0.4) is 0 Å². The van der Waals surface area contributed by atoms with Crippen LogP contribution in [-0.4, -0.2) is 43.3 Å². The number of hydrogen-bond donors (Lipinski definition) is 2. The van der Waals surface area contributed by atoms with E-state index in [1.165, 1.54) is 7.11 Å². The van der Waals surface area contributed by atoms with Crippen LogP contribution in [0, 0.1) is 0 Å². The van der Waals surface area contributed by atoms with Gasteiger partial charge in [-0.05, 0) is 25.0 Å². The number of methoxy groups -OCH3 is 1. The molecule has 2 N–H and O–H groups in total. The summed E-state index contributed by atoms with van der Waals surface area (Å²) >= 11 is 0. The lowest BCUT2D eigenvalue weighted by Gasteiger charge is -2.14. The molecule has 0 spiro atoms. The van der Waals surface area contributed by atoms with Crippen LogP contribution in [0.5, 0.6) is 5.75 Å². The Morgan fingerprint density at radius 1 is 1.33 bits per heavy atom. The second-order valence-electron chi connectivity index (χ2n) is 4.37. The Bertz CT molecular complexity index is 475. The third-order valence-corrected chi connectivity index (χ3v) is 2.90. The van der Waals surface area contributed by atoms with Crippen LogP contribution in [0.25, 0.3) is 0 Å². The molecule has 1 unspecified atom stereocenters. The van der Waals surface area contributed by atoms with E-state index in [1.807, 2.05) is 31.2 Å². The Kier molecular flexibility index (Phi) is 7.25. The fourth-order valence-corrected chi connectivity index (χ4v) is 1.84. The molecular formula is C15H21NO5. The van der Waals surface area contributed by atoms with E-state index in [1.54, 1.807) is 0 Å². The first kappa shape index (κ1) is 17.0. The van der Waals surface area contributed by atoms with Gasteiger partial charge in [0.1, 0.15) is 5.75 Å². The third-order valence-electron chi connectivity index (χ3n) is 2.90. The Labute approximate surface area is 124 Å². The molecule has 0 aliphatic rings. The summed E-state index contributed by atoms with van der Waals surface area (Å²) in [5.74, 6) is -0.245. The van der Waals surface area contributed by atoms with Gasteiger partial charge < -0.3 is 19.9 Å². The van der Waals surface area contributed by atoms with E-state index in [9.17, 15) is 9.59 Å². The third kappa shape index (κ3) is 5.43. The Balaban J connectivity index is 2.55. The molecule has 0 heterocycles. The molecule has 0 fully saturated rings. The minimum Gasteiger partial charge on any atom is -0.494 e. The summed E-state index contributed by atoms with van der Waals surface area (Å²) in [5, 5.41) is 11.5. The number of hydrogen-bond acceptors (Lipinski definition) is 5. The first-order valence-electron chi connectivity index (χ1n) is 6.81. The molecule has 1 rings (SSSR count). The zero-order valence-corrected chi connectivity index (χ0v) is 12.3. The topological polar surface area (TPSA) is 84.9 Å². The molecule has 0 saturated carbocycles. The van der Waals surface area contributed by atoms with Crippen molar-refractivity contribution < 1.29 is 24.2 Å². The molecule has 1 atom stereocenters. The summed E-state index contributed by atoms with van der Waals surface area (Å²) in [6.45, 7) is 1.96. The summed E-state index contributed by atoms with van der Waals surface area (Å²) in [7, 11) is 1.20. The summed E-state index contributed by atoms with van der Waals surface area (Å²) < 4.78 is 9.97. The Hall–Kier alpha value is -2.08. The standard InChI is InChI=1S/C15H21NO5/c1-3-21-13-7-5-4-6-11(13)8-9-14(18)16-12(10-17)15(19)20-2/h4-7,12,17H,3,8-10H2,1-2H3,(H,16,18). The van der Waals surface area contributed by atoms with Gasteiger partial charge in [0.05, 0.1) is 20.3 Å². The van der Waals surface area contributed by atoms with Crippen LogP contribution in [0.4, 0.5) is 0 Å². The number of aliphatic hydroxyl groups is 1.